The Morgan fingerprint density at radius 1 is 1.29 bits per heavy atom. The Bertz CT molecular complexity index is 634. The van der Waals surface area contributed by atoms with Crippen LogP contribution in [0.3, 0.4) is 0 Å². The lowest BCUT2D eigenvalue weighted by molar-refractivity contribution is -0.121. The maximum Gasteiger partial charge on any atom is 0.325 e. The molecule has 8 nitrogen and oxygen atoms in total. The number of carbonyl (C=O) groups excluding carboxylic acids is 2. The van der Waals surface area contributed by atoms with Crippen molar-refractivity contribution in [2.45, 2.75) is 13.0 Å². The van der Waals surface area contributed by atoms with E-state index in [0.29, 0.717) is 37.8 Å². The van der Waals surface area contributed by atoms with Gasteiger partial charge in [0, 0.05) is 31.4 Å². The van der Waals surface area contributed by atoms with E-state index in [0.717, 1.165) is 5.69 Å². The fourth-order valence-corrected chi connectivity index (χ4v) is 2.66. The fourth-order valence-electron chi connectivity index (χ4n) is 2.66. The van der Waals surface area contributed by atoms with Crippen molar-refractivity contribution in [1.29, 1.82) is 0 Å². The minimum atomic E-state index is -0.613. The quantitative estimate of drug-likeness (QED) is 0.802. The highest BCUT2D eigenvalue weighted by Gasteiger charge is 2.31. The zero-order valence-electron chi connectivity index (χ0n) is 13.5. The summed E-state index contributed by atoms with van der Waals surface area (Å²) < 4.78 is 11.0. The first-order valence-electron chi connectivity index (χ1n) is 7.95. The van der Waals surface area contributed by atoms with Gasteiger partial charge in [-0.2, -0.15) is 0 Å². The first-order chi connectivity index (χ1) is 11.5. The monoisotopic (exact) mass is 335 g/mol. The van der Waals surface area contributed by atoms with Crippen LogP contribution in [-0.2, 0) is 4.79 Å². The Balaban J connectivity index is 1.62. The second kappa shape index (κ2) is 6.96. The number of ether oxygens (including phenoxy) is 2. The number of anilines is 1. The highest BCUT2D eigenvalue weighted by Crippen LogP contribution is 2.34. The average Bonchev–Trinajstić information content (AvgIpc) is 2.93. The molecule has 0 aliphatic carbocycles. The van der Waals surface area contributed by atoms with E-state index >= 15 is 0 Å². The predicted octanol–water partition coefficient (Wildman–Crippen LogP) is 0.197. The zero-order valence-corrected chi connectivity index (χ0v) is 13.5. The lowest BCUT2D eigenvalue weighted by atomic mass is 10.2. The molecule has 1 fully saturated rings. The lowest BCUT2D eigenvalue weighted by Gasteiger charge is -2.22. The third-order valence-corrected chi connectivity index (χ3v) is 3.86. The van der Waals surface area contributed by atoms with Gasteiger partial charge in [0.05, 0.1) is 6.10 Å². The number of hydrogen-bond acceptors (Lipinski definition) is 5. The van der Waals surface area contributed by atoms with Crippen LogP contribution in [0.2, 0.25) is 0 Å². The van der Waals surface area contributed by atoms with Crippen LogP contribution < -0.4 is 19.7 Å². The molecule has 0 spiro atoms. The third kappa shape index (κ3) is 3.53. The molecule has 8 heteroatoms. The fraction of sp³-hybridized carbons (Fsp3) is 0.500. The Hall–Kier alpha value is -2.48. The van der Waals surface area contributed by atoms with E-state index in [9.17, 15) is 14.7 Å². The summed E-state index contributed by atoms with van der Waals surface area (Å²) in [6.45, 7) is 3.71. The predicted molar refractivity (Wildman–Crippen MR) is 86.4 cm³/mol. The number of hydrogen-bond donors (Lipinski definition) is 2. The summed E-state index contributed by atoms with van der Waals surface area (Å²) in [4.78, 5) is 27.4. The Labute approximate surface area is 139 Å². The summed E-state index contributed by atoms with van der Waals surface area (Å²) in [6, 6.07) is 5.15. The number of carbonyl (C=O) groups is 2. The minimum Gasteiger partial charge on any atom is -0.486 e. The van der Waals surface area contributed by atoms with Gasteiger partial charge in [0.2, 0.25) is 5.91 Å². The van der Waals surface area contributed by atoms with Crippen LogP contribution >= 0.6 is 0 Å². The summed E-state index contributed by atoms with van der Waals surface area (Å²) in [6.07, 6.45) is -0.613. The summed E-state index contributed by atoms with van der Waals surface area (Å²) in [7, 11) is 0. The highest BCUT2D eigenvalue weighted by atomic mass is 16.6. The molecule has 2 heterocycles. The van der Waals surface area contributed by atoms with Crippen LogP contribution in [0.25, 0.3) is 0 Å². The molecule has 0 radical (unpaired) electrons. The van der Waals surface area contributed by atoms with E-state index in [2.05, 4.69) is 5.32 Å². The maximum atomic E-state index is 12.5. The number of amides is 3. The first kappa shape index (κ1) is 16.4. The van der Waals surface area contributed by atoms with Crippen molar-refractivity contribution in [2.24, 2.45) is 0 Å². The molecule has 1 atom stereocenters. The van der Waals surface area contributed by atoms with Crippen molar-refractivity contribution < 1.29 is 24.2 Å². The van der Waals surface area contributed by atoms with Crippen LogP contribution in [-0.4, -0.2) is 67.4 Å². The molecular weight excluding hydrogens is 314 g/mol. The SMILES string of the molecule is CC(O)CNC(=O)CN1CCN(c2ccc3c(c2)OCCO3)C1=O. The van der Waals surface area contributed by atoms with E-state index in [1.807, 2.05) is 6.07 Å². The van der Waals surface area contributed by atoms with Gasteiger partial charge in [0.1, 0.15) is 19.8 Å². The van der Waals surface area contributed by atoms with Crippen LogP contribution in [0, 0.1) is 0 Å². The summed E-state index contributed by atoms with van der Waals surface area (Å²) in [5.41, 5.74) is 0.719. The van der Waals surface area contributed by atoms with E-state index in [4.69, 9.17) is 9.47 Å². The van der Waals surface area contributed by atoms with E-state index in [-0.39, 0.29) is 25.0 Å². The number of fused-ring (bicyclic) bond motifs is 1. The molecule has 24 heavy (non-hydrogen) atoms. The van der Waals surface area contributed by atoms with Gasteiger partial charge in [-0.25, -0.2) is 4.79 Å². The molecular formula is C16H21N3O5. The van der Waals surface area contributed by atoms with E-state index in [1.54, 1.807) is 24.0 Å². The molecule has 3 rings (SSSR count). The molecule has 1 saturated heterocycles. The Morgan fingerprint density at radius 2 is 2.04 bits per heavy atom. The molecule has 2 aliphatic rings. The standard InChI is InChI=1S/C16H21N3O5/c1-11(20)9-17-15(21)10-18-4-5-19(16(18)22)12-2-3-13-14(8-12)24-7-6-23-13/h2-3,8,11,20H,4-7,9-10H2,1H3,(H,17,21). The van der Waals surface area contributed by atoms with Gasteiger partial charge in [-0.3, -0.25) is 9.69 Å². The van der Waals surface area contributed by atoms with Crippen molar-refractivity contribution in [3.63, 3.8) is 0 Å². The number of urea groups is 1. The van der Waals surface area contributed by atoms with Crippen LogP contribution in [0.1, 0.15) is 6.92 Å². The summed E-state index contributed by atoms with van der Waals surface area (Å²) >= 11 is 0. The number of rotatable bonds is 5. The number of benzene rings is 1. The Kier molecular flexibility index (Phi) is 4.75. The van der Waals surface area contributed by atoms with Crippen LogP contribution in [0.15, 0.2) is 18.2 Å². The second-order valence-corrected chi connectivity index (χ2v) is 5.84. The van der Waals surface area contributed by atoms with Crippen molar-refractivity contribution in [3.05, 3.63) is 18.2 Å². The highest BCUT2D eigenvalue weighted by molar-refractivity contribution is 5.96. The molecule has 1 aromatic rings. The summed E-state index contributed by atoms with van der Waals surface area (Å²) in [5, 5.41) is 11.8. The summed E-state index contributed by atoms with van der Waals surface area (Å²) in [5.74, 6) is 1.01. The van der Waals surface area contributed by atoms with Gasteiger partial charge in [0.15, 0.2) is 11.5 Å². The number of aliphatic hydroxyl groups excluding tert-OH is 1. The molecule has 1 unspecified atom stereocenters. The van der Waals surface area contributed by atoms with Crippen molar-refractivity contribution >= 4 is 17.6 Å². The number of nitrogens with one attached hydrogen (secondary N) is 1. The number of nitrogens with zero attached hydrogens (tertiary/aromatic N) is 2. The topological polar surface area (TPSA) is 91.3 Å². The smallest absolute Gasteiger partial charge is 0.325 e. The van der Waals surface area contributed by atoms with E-state index in [1.165, 1.54) is 4.90 Å². The van der Waals surface area contributed by atoms with Crippen molar-refractivity contribution in [1.82, 2.24) is 10.2 Å². The second-order valence-electron chi connectivity index (χ2n) is 5.84. The third-order valence-electron chi connectivity index (χ3n) is 3.86. The molecule has 0 bridgehead atoms. The van der Waals surface area contributed by atoms with Gasteiger partial charge in [-0.05, 0) is 19.1 Å². The molecule has 0 aromatic heterocycles. The normalized spacial score (nSPS) is 17.8. The number of aliphatic hydroxyl groups is 1. The van der Waals surface area contributed by atoms with Crippen molar-refractivity contribution in [2.75, 3.05) is 44.3 Å². The van der Waals surface area contributed by atoms with Gasteiger partial charge in [0.25, 0.3) is 0 Å². The van der Waals surface area contributed by atoms with Gasteiger partial charge in [-0.1, -0.05) is 0 Å². The lowest BCUT2D eigenvalue weighted by Crippen LogP contribution is -2.41. The van der Waals surface area contributed by atoms with E-state index < -0.39 is 6.10 Å². The van der Waals surface area contributed by atoms with Gasteiger partial charge >= 0.3 is 6.03 Å². The zero-order chi connectivity index (χ0) is 17.1. The first-order valence-corrected chi connectivity index (χ1v) is 7.95. The molecule has 0 saturated carbocycles. The van der Waals surface area contributed by atoms with Gasteiger partial charge in [-0.15, -0.1) is 0 Å². The maximum absolute atomic E-state index is 12.5. The average molecular weight is 335 g/mol. The molecule has 3 amide bonds. The largest absolute Gasteiger partial charge is 0.486 e. The van der Waals surface area contributed by atoms with Gasteiger partial charge < -0.3 is 24.8 Å². The van der Waals surface area contributed by atoms with Crippen LogP contribution in [0.4, 0.5) is 10.5 Å². The molecule has 1 aromatic carbocycles. The van der Waals surface area contributed by atoms with Crippen molar-refractivity contribution in [3.8, 4) is 11.5 Å². The molecule has 130 valence electrons. The van der Waals surface area contributed by atoms with Crippen LogP contribution in [0.5, 0.6) is 11.5 Å². The minimum absolute atomic E-state index is 0.0212. The Morgan fingerprint density at radius 3 is 2.79 bits per heavy atom. The molecule has 2 aliphatic heterocycles. The molecule has 2 N–H and O–H groups in total.